The predicted molar refractivity (Wildman–Crippen MR) is 88.1 cm³/mol. The lowest BCUT2D eigenvalue weighted by Gasteiger charge is -2.31. The van der Waals surface area contributed by atoms with E-state index in [0.717, 1.165) is 11.3 Å². The van der Waals surface area contributed by atoms with Crippen molar-refractivity contribution in [3.05, 3.63) is 40.2 Å². The fraction of sp³-hybridized carbons (Fsp3) is 0.389. The maximum Gasteiger partial charge on any atom is 0.150 e. The summed E-state index contributed by atoms with van der Waals surface area (Å²) < 4.78 is 0. The van der Waals surface area contributed by atoms with Gasteiger partial charge in [0.05, 0.1) is 5.69 Å². The number of aromatic nitrogens is 1. The van der Waals surface area contributed by atoms with Crippen molar-refractivity contribution in [3.8, 4) is 11.3 Å². The first-order chi connectivity index (χ1) is 10.4. The van der Waals surface area contributed by atoms with Gasteiger partial charge in [-0.1, -0.05) is 43.7 Å². The molecule has 3 nitrogen and oxygen atoms in total. The summed E-state index contributed by atoms with van der Waals surface area (Å²) in [7, 11) is 0. The number of ketones is 2. The van der Waals surface area contributed by atoms with Crippen LogP contribution in [0.4, 0.5) is 0 Å². The number of hydrogen-bond acceptors (Lipinski definition) is 4. The van der Waals surface area contributed by atoms with Crippen LogP contribution in [-0.2, 0) is 9.59 Å². The first kappa shape index (κ1) is 15.1. The van der Waals surface area contributed by atoms with Crippen molar-refractivity contribution in [3.63, 3.8) is 0 Å². The van der Waals surface area contributed by atoms with Gasteiger partial charge in [-0.05, 0) is 12.3 Å². The highest BCUT2D eigenvalue weighted by Crippen LogP contribution is 2.39. The van der Waals surface area contributed by atoms with Gasteiger partial charge in [0.1, 0.15) is 10.9 Å². The molecule has 0 amide bonds. The van der Waals surface area contributed by atoms with Crippen LogP contribution in [0.1, 0.15) is 43.2 Å². The van der Waals surface area contributed by atoms with Crippen molar-refractivity contribution in [2.75, 3.05) is 0 Å². The third-order valence-electron chi connectivity index (χ3n) is 4.07. The molecule has 1 aliphatic carbocycles. The standard InChI is InChI=1S/C18H19NO2S/c1-11-4-6-12(7-5-11)13-10-22-17(19-13)16-14(20)8-18(2,3)9-15(16)21/h4-7,10,16H,8-9H2,1-3H3. The molecule has 0 radical (unpaired) electrons. The molecule has 0 N–H and O–H groups in total. The number of nitrogens with zero attached hydrogens (tertiary/aromatic N) is 1. The SMILES string of the molecule is Cc1ccc(-c2csc(C3C(=O)CC(C)(C)CC3=O)n2)cc1. The van der Waals surface area contributed by atoms with E-state index in [1.165, 1.54) is 16.9 Å². The zero-order valence-corrected chi connectivity index (χ0v) is 13.9. The normalized spacial score (nSPS) is 18.7. The zero-order valence-electron chi connectivity index (χ0n) is 13.1. The predicted octanol–water partition coefficient (Wildman–Crippen LogP) is 4.16. The molecule has 1 fully saturated rings. The molecule has 0 bridgehead atoms. The van der Waals surface area contributed by atoms with Crippen LogP contribution in [-0.4, -0.2) is 16.6 Å². The highest BCUT2D eigenvalue weighted by atomic mass is 32.1. The molecule has 114 valence electrons. The van der Waals surface area contributed by atoms with E-state index in [2.05, 4.69) is 4.98 Å². The average Bonchev–Trinajstić information content (AvgIpc) is 2.86. The largest absolute Gasteiger partial charge is 0.298 e. The Balaban J connectivity index is 1.89. The van der Waals surface area contributed by atoms with Crippen LogP contribution in [0.2, 0.25) is 0 Å². The van der Waals surface area contributed by atoms with Crippen LogP contribution in [0.15, 0.2) is 29.6 Å². The summed E-state index contributed by atoms with van der Waals surface area (Å²) in [5, 5.41) is 2.57. The van der Waals surface area contributed by atoms with E-state index in [9.17, 15) is 9.59 Å². The number of carbonyl (C=O) groups is 2. The maximum absolute atomic E-state index is 12.4. The van der Waals surface area contributed by atoms with Crippen molar-refractivity contribution in [1.29, 1.82) is 0 Å². The van der Waals surface area contributed by atoms with Gasteiger partial charge in [0.2, 0.25) is 0 Å². The number of thiazole rings is 1. The van der Waals surface area contributed by atoms with Gasteiger partial charge in [-0.15, -0.1) is 11.3 Å². The number of rotatable bonds is 2. The van der Waals surface area contributed by atoms with Gasteiger partial charge in [-0.3, -0.25) is 9.59 Å². The summed E-state index contributed by atoms with van der Waals surface area (Å²) in [5.41, 5.74) is 2.83. The summed E-state index contributed by atoms with van der Waals surface area (Å²) in [6.07, 6.45) is 0.895. The first-order valence-electron chi connectivity index (χ1n) is 7.44. The van der Waals surface area contributed by atoms with Crippen LogP contribution >= 0.6 is 11.3 Å². The molecule has 22 heavy (non-hydrogen) atoms. The van der Waals surface area contributed by atoms with Crippen LogP contribution in [0.3, 0.4) is 0 Å². The first-order valence-corrected chi connectivity index (χ1v) is 8.32. The van der Waals surface area contributed by atoms with Gasteiger partial charge in [0.25, 0.3) is 0 Å². The topological polar surface area (TPSA) is 47.0 Å². The Hall–Kier alpha value is -1.81. The number of carbonyl (C=O) groups excluding carboxylic acids is 2. The minimum atomic E-state index is -0.655. The van der Waals surface area contributed by atoms with Crippen molar-refractivity contribution >= 4 is 22.9 Å². The molecule has 2 aromatic rings. The van der Waals surface area contributed by atoms with Gasteiger partial charge in [0, 0.05) is 23.8 Å². The van der Waals surface area contributed by atoms with Crippen LogP contribution in [0, 0.1) is 12.3 Å². The molecule has 1 saturated carbocycles. The molecule has 1 aromatic heterocycles. The molecule has 0 unspecified atom stereocenters. The van der Waals surface area contributed by atoms with Crippen LogP contribution < -0.4 is 0 Å². The molecule has 0 spiro atoms. The number of hydrogen-bond donors (Lipinski definition) is 0. The Labute approximate surface area is 134 Å². The zero-order chi connectivity index (χ0) is 15.9. The Morgan fingerprint density at radius 2 is 1.68 bits per heavy atom. The number of benzene rings is 1. The minimum absolute atomic E-state index is 0.00561. The summed E-state index contributed by atoms with van der Waals surface area (Å²) in [5.74, 6) is -0.644. The highest BCUT2D eigenvalue weighted by molar-refractivity contribution is 7.10. The van der Waals surface area contributed by atoms with E-state index in [1.807, 2.05) is 50.4 Å². The Morgan fingerprint density at radius 1 is 1.09 bits per heavy atom. The molecule has 1 heterocycles. The van der Waals surface area contributed by atoms with Crippen molar-refractivity contribution < 1.29 is 9.59 Å². The minimum Gasteiger partial charge on any atom is -0.298 e. The second kappa shape index (κ2) is 5.43. The average molecular weight is 313 g/mol. The molecule has 0 saturated heterocycles. The van der Waals surface area contributed by atoms with E-state index >= 15 is 0 Å². The quantitative estimate of drug-likeness (QED) is 0.782. The van der Waals surface area contributed by atoms with Crippen molar-refractivity contribution in [2.24, 2.45) is 5.41 Å². The Kier molecular flexibility index (Phi) is 3.73. The highest BCUT2D eigenvalue weighted by Gasteiger charge is 2.41. The lowest BCUT2D eigenvalue weighted by molar-refractivity contribution is -0.135. The second-order valence-electron chi connectivity index (χ2n) is 6.82. The molecular weight excluding hydrogens is 294 g/mol. The van der Waals surface area contributed by atoms with Gasteiger partial charge < -0.3 is 0 Å². The van der Waals surface area contributed by atoms with E-state index in [1.54, 1.807) is 0 Å². The van der Waals surface area contributed by atoms with Gasteiger partial charge in [-0.25, -0.2) is 4.98 Å². The smallest absolute Gasteiger partial charge is 0.150 e. The number of aryl methyl sites for hydroxylation is 1. The fourth-order valence-corrected chi connectivity index (χ4v) is 3.91. The van der Waals surface area contributed by atoms with Gasteiger partial charge >= 0.3 is 0 Å². The third-order valence-corrected chi connectivity index (χ3v) is 4.98. The van der Waals surface area contributed by atoms with E-state index < -0.39 is 5.92 Å². The van der Waals surface area contributed by atoms with E-state index in [-0.39, 0.29) is 17.0 Å². The molecule has 1 aromatic carbocycles. The lowest BCUT2D eigenvalue weighted by Crippen LogP contribution is -2.36. The summed E-state index contributed by atoms with van der Waals surface area (Å²) in [4.78, 5) is 29.3. The number of Topliss-reactive ketones (excluding diaryl/α,β-unsaturated/α-hetero) is 2. The summed E-state index contributed by atoms with van der Waals surface area (Å²) in [6.45, 7) is 5.98. The molecule has 0 atom stereocenters. The molecule has 3 rings (SSSR count). The second-order valence-corrected chi connectivity index (χ2v) is 7.71. The third kappa shape index (κ3) is 2.88. The van der Waals surface area contributed by atoms with Gasteiger partial charge in [0.15, 0.2) is 11.6 Å². The van der Waals surface area contributed by atoms with E-state index in [0.29, 0.717) is 17.8 Å². The lowest BCUT2D eigenvalue weighted by atomic mass is 9.72. The molecular formula is C18H19NO2S. The summed E-state index contributed by atoms with van der Waals surface area (Å²) >= 11 is 1.41. The van der Waals surface area contributed by atoms with E-state index in [4.69, 9.17) is 0 Å². The van der Waals surface area contributed by atoms with Crippen molar-refractivity contribution in [1.82, 2.24) is 4.98 Å². The van der Waals surface area contributed by atoms with Crippen LogP contribution in [0.5, 0.6) is 0 Å². The van der Waals surface area contributed by atoms with Crippen LogP contribution in [0.25, 0.3) is 11.3 Å². The monoisotopic (exact) mass is 313 g/mol. The maximum atomic E-state index is 12.4. The Morgan fingerprint density at radius 3 is 2.27 bits per heavy atom. The van der Waals surface area contributed by atoms with Crippen molar-refractivity contribution in [2.45, 2.75) is 39.5 Å². The molecule has 1 aliphatic rings. The molecule has 4 heteroatoms. The molecule has 0 aliphatic heterocycles. The summed E-state index contributed by atoms with van der Waals surface area (Å²) in [6, 6.07) is 8.10. The van der Waals surface area contributed by atoms with Gasteiger partial charge in [-0.2, -0.15) is 0 Å². The Bertz CT molecular complexity index is 708. The fourth-order valence-electron chi connectivity index (χ4n) is 2.94.